The first-order valence-electron chi connectivity index (χ1n) is 9.04. The van der Waals surface area contributed by atoms with Gasteiger partial charge in [0.15, 0.2) is 5.82 Å². The fourth-order valence-electron chi connectivity index (χ4n) is 3.07. The van der Waals surface area contributed by atoms with Gasteiger partial charge in [-0.15, -0.1) is 11.3 Å². The molecule has 0 saturated carbocycles. The summed E-state index contributed by atoms with van der Waals surface area (Å²) in [5, 5.41) is 4.02. The number of hydrogen-bond donors (Lipinski definition) is 1. The molecule has 4 rings (SSSR count). The van der Waals surface area contributed by atoms with Crippen molar-refractivity contribution in [1.29, 1.82) is 0 Å². The average Bonchev–Trinajstić information content (AvgIpc) is 3.35. The number of fused-ring (bicyclic) bond motifs is 1. The lowest BCUT2D eigenvalue weighted by molar-refractivity contribution is 0.0954. The van der Waals surface area contributed by atoms with Crippen molar-refractivity contribution in [3.05, 3.63) is 41.0 Å². The Bertz CT molecular complexity index is 931. The molecule has 8 heteroatoms. The summed E-state index contributed by atoms with van der Waals surface area (Å²) in [5.74, 6) is 1.77. The number of nitrogens with one attached hydrogen (secondary N) is 1. The van der Waals surface area contributed by atoms with Crippen LogP contribution in [0.15, 0.2) is 30.3 Å². The summed E-state index contributed by atoms with van der Waals surface area (Å²) in [6, 6.07) is 9.91. The fraction of sp³-hybridized carbons (Fsp3) is 0.368. The molecule has 0 unspecified atom stereocenters. The predicted octanol–water partition coefficient (Wildman–Crippen LogP) is 2.68. The molecule has 0 atom stereocenters. The van der Waals surface area contributed by atoms with E-state index in [4.69, 9.17) is 0 Å². The third-order valence-electron chi connectivity index (χ3n) is 4.50. The van der Waals surface area contributed by atoms with E-state index >= 15 is 0 Å². The van der Waals surface area contributed by atoms with E-state index in [-0.39, 0.29) is 12.5 Å². The Morgan fingerprint density at radius 1 is 1.19 bits per heavy atom. The predicted molar refractivity (Wildman–Crippen MR) is 109 cm³/mol. The number of hydrogen-bond acceptors (Lipinski definition) is 7. The van der Waals surface area contributed by atoms with Crippen LogP contribution in [0.2, 0.25) is 0 Å². The van der Waals surface area contributed by atoms with Crippen LogP contribution in [0.1, 0.15) is 28.3 Å². The Morgan fingerprint density at radius 2 is 1.96 bits per heavy atom. The van der Waals surface area contributed by atoms with E-state index in [2.05, 4.69) is 25.2 Å². The second-order valence-electron chi connectivity index (χ2n) is 6.77. The molecular formula is C19H22N6OS. The molecule has 0 spiro atoms. The Hall–Kier alpha value is -2.74. The molecule has 27 heavy (non-hydrogen) atoms. The van der Waals surface area contributed by atoms with Crippen LogP contribution in [0, 0.1) is 0 Å². The Labute approximate surface area is 162 Å². The van der Waals surface area contributed by atoms with Gasteiger partial charge in [-0.1, -0.05) is 18.2 Å². The van der Waals surface area contributed by atoms with Crippen molar-refractivity contribution in [2.24, 2.45) is 0 Å². The summed E-state index contributed by atoms with van der Waals surface area (Å²) in [4.78, 5) is 30.9. The minimum absolute atomic E-state index is 0.106. The van der Waals surface area contributed by atoms with Crippen molar-refractivity contribution in [2.75, 3.05) is 37.0 Å². The summed E-state index contributed by atoms with van der Waals surface area (Å²) in [6.07, 6.45) is 2.31. The van der Waals surface area contributed by atoms with Gasteiger partial charge in [0.1, 0.15) is 0 Å². The molecule has 7 nitrogen and oxygen atoms in total. The fourth-order valence-corrected chi connectivity index (χ4v) is 4.05. The van der Waals surface area contributed by atoms with Gasteiger partial charge in [0, 0.05) is 31.9 Å². The van der Waals surface area contributed by atoms with Crippen molar-refractivity contribution in [3.63, 3.8) is 0 Å². The number of carbonyl (C=O) groups is 1. The summed E-state index contributed by atoms with van der Waals surface area (Å²) >= 11 is 1.49. The van der Waals surface area contributed by atoms with E-state index in [1.165, 1.54) is 11.3 Å². The lowest BCUT2D eigenvalue weighted by Crippen LogP contribution is -2.27. The molecule has 1 saturated heterocycles. The van der Waals surface area contributed by atoms with Crippen LogP contribution in [0.3, 0.4) is 0 Å². The highest BCUT2D eigenvalue weighted by molar-refractivity contribution is 7.20. The van der Waals surface area contributed by atoms with Crippen LogP contribution in [0.25, 0.3) is 10.1 Å². The Kier molecular flexibility index (Phi) is 4.89. The molecule has 1 N–H and O–H groups in total. The van der Waals surface area contributed by atoms with Gasteiger partial charge in [-0.05, 0) is 30.4 Å². The maximum Gasteiger partial charge on any atom is 0.261 e. The first-order chi connectivity index (χ1) is 13.1. The maximum atomic E-state index is 12.6. The van der Waals surface area contributed by atoms with E-state index in [1.807, 2.05) is 49.3 Å². The highest BCUT2D eigenvalue weighted by Gasteiger charge is 2.18. The highest BCUT2D eigenvalue weighted by Crippen LogP contribution is 2.25. The molecule has 1 aliphatic heterocycles. The van der Waals surface area contributed by atoms with Gasteiger partial charge >= 0.3 is 0 Å². The normalized spacial score (nSPS) is 13.9. The summed E-state index contributed by atoms with van der Waals surface area (Å²) in [7, 11) is 3.81. The number of nitrogens with zero attached hydrogens (tertiary/aromatic N) is 5. The molecule has 1 aromatic carbocycles. The molecule has 140 valence electrons. The smallest absolute Gasteiger partial charge is 0.261 e. The van der Waals surface area contributed by atoms with E-state index in [0.29, 0.717) is 22.6 Å². The Morgan fingerprint density at radius 3 is 2.70 bits per heavy atom. The van der Waals surface area contributed by atoms with Gasteiger partial charge in [0.25, 0.3) is 5.91 Å². The topological polar surface area (TPSA) is 74.2 Å². The molecule has 3 heterocycles. The molecule has 2 aromatic heterocycles. The molecule has 0 radical (unpaired) electrons. The number of amides is 1. The van der Waals surface area contributed by atoms with Crippen LogP contribution in [0.5, 0.6) is 0 Å². The molecule has 1 fully saturated rings. The van der Waals surface area contributed by atoms with Crippen LogP contribution in [-0.2, 0) is 6.54 Å². The van der Waals surface area contributed by atoms with Gasteiger partial charge < -0.3 is 15.1 Å². The number of thiophene rings is 1. The molecule has 1 aliphatic rings. The van der Waals surface area contributed by atoms with E-state index in [1.54, 1.807) is 0 Å². The molecule has 1 amide bonds. The zero-order valence-electron chi connectivity index (χ0n) is 15.5. The second kappa shape index (κ2) is 7.48. The average molecular weight is 382 g/mol. The maximum absolute atomic E-state index is 12.6. The number of aromatic nitrogens is 3. The van der Waals surface area contributed by atoms with Crippen LogP contribution in [-0.4, -0.2) is 48.0 Å². The number of carbonyl (C=O) groups excluding carboxylic acids is 1. The van der Waals surface area contributed by atoms with E-state index in [0.717, 1.165) is 36.0 Å². The van der Waals surface area contributed by atoms with E-state index in [9.17, 15) is 4.79 Å². The third kappa shape index (κ3) is 3.85. The highest BCUT2D eigenvalue weighted by atomic mass is 32.1. The van der Waals surface area contributed by atoms with Crippen LogP contribution < -0.4 is 15.1 Å². The zero-order chi connectivity index (χ0) is 18.8. The standard InChI is InChI=1S/C19H22N6OS/c1-24(2)18-21-16(22-19(23-18)25-9-5-6-10-25)12-20-17(26)15-11-13-7-3-4-8-14(13)27-15/h3-4,7-8,11H,5-6,9-10,12H2,1-2H3,(H,20,26). The zero-order valence-corrected chi connectivity index (χ0v) is 16.3. The summed E-state index contributed by atoms with van der Waals surface area (Å²) in [5.41, 5.74) is 0. The molecular weight excluding hydrogens is 360 g/mol. The van der Waals surface area contributed by atoms with Gasteiger partial charge in [-0.2, -0.15) is 15.0 Å². The van der Waals surface area contributed by atoms with Crippen molar-refractivity contribution < 1.29 is 4.79 Å². The quantitative estimate of drug-likeness (QED) is 0.731. The number of anilines is 2. The van der Waals surface area contributed by atoms with Gasteiger partial charge in [0.2, 0.25) is 11.9 Å². The largest absolute Gasteiger partial charge is 0.347 e. The van der Waals surface area contributed by atoms with Gasteiger partial charge in [-0.25, -0.2) is 0 Å². The number of rotatable bonds is 5. The monoisotopic (exact) mass is 382 g/mol. The van der Waals surface area contributed by atoms with Crippen molar-refractivity contribution >= 4 is 39.2 Å². The van der Waals surface area contributed by atoms with Gasteiger partial charge in [0.05, 0.1) is 11.4 Å². The van der Waals surface area contributed by atoms with Crippen molar-refractivity contribution in [3.8, 4) is 0 Å². The lowest BCUT2D eigenvalue weighted by atomic mass is 10.2. The lowest BCUT2D eigenvalue weighted by Gasteiger charge is -2.18. The third-order valence-corrected chi connectivity index (χ3v) is 5.62. The van der Waals surface area contributed by atoms with Crippen molar-refractivity contribution in [2.45, 2.75) is 19.4 Å². The SMILES string of the molecule is CN(C)c1nc(CNC(=O)c2cc3ccccc3s2)nc(N2CCCC2)n1. The van der Waals surface area contributed by atoms with Crippen LogP contribution >= 0.6 is 11.3 Å². The summed E-state index contributed by atoms with van der Waals surface area (Å²) in [6.45, 7) is 2.20. The molecule has 0 bridgehead atoms. The Balaban J connectivity index is 1.51. The molecule has 0 aliphatic carbocycles. The second-order valence-corrected chi connectivity index (χ2v) is 7.86. The first kappa shape index (κ1) is 17.7. The first-order valence-corrected chi connectivity index (χ1v) is 9.86. The van der Waals surface area contributed by atoms with Gasteiger partial charge in [-0.3, -0.25) is 4.79 Å². The minimum atomic E-state index is -0.106. The van der Waals surface area contributed by atoms with E-state index < -0.39 is 0 Å². The minimum Gasteiger partial charge on any atom is -0.347 e. The van der Waals surface area contributed by atoms with Crippen molar-refractivity contribution in [1.82, 2.24) is 20.3 Å². The van der Waals surface area contributed by atoms with Crippen LogP contribution in [0.4, 0.5) is 11.9 Å². The number of benzene rings is 1. The summed E-state index contributed by atoms with van der Waals surface area (Å²) < 4.78 is 1.11. The molecule has 3 aromatic rings.